The maximum Gasteiger partial charge on any atom is 0.325 e. The molecule has 0 atom stereocenters. The first kappa shape index (κ1) is 35.3. The highest BCUT2D eigenvalue weighted by Crippen LogP contribution is 2.44. The zero-order valence-corrected chi connectivity index (χ0v) is 30.3. The van der Waals surface area contributed by atoms with Crippen LogP contribution in [-0.2, 0) is 32.6 Å². The molecule has 3 aliphatic rings. The minimum absolute atomic E-state index is 0.0916. The molecule has 0 radical (unpaired) electrons. The number of carbonyl (C=O) groups is 2. The van der Waals surface area contributed by atoms with Crippen LogP contribution in [0.2, 0.25) is 0 Å². The van der Waals surface area contributed by atoms with Crippen LogP contribution in [0.15, 0.2) is 17.9 Å². The number of hydrogen-bond acceptors (Lipinski definition) is 7. The summed E-state index contributed by atoms with van der Waals surface area (Å²) in [6.07, 6.45) is 16.5. The van der Waals surface area contributed by atoms with E-state index in [0.717, 1.165) is 62.5 Å². The molecule has 0 amide bonds. The Morgan fingerprint density at radius 2 is 1.53 bits per heavy atom. The number of hydrogen-bond donors (Lipinski definition) is 0. The van der Waals surface area contributed by atoms with E-state index < -0.39 is 0 Å². The molecule has 5 rings (SSSR count). The van der Waals surface area contributed by atoms with Crippen LogP contribution in [0.25, 0.3) is 11.1 Å². The number of allylic oxidation sites excluding steroid dienone is 2. The number of Topliss-reactive ketones (excluding diaryl/α,β-unsaturated/α-hetero) is 1. The number of ether oxygens (including phenoxy) is 1. The van der Waals surface area contributed by atoms with Crippen LogP contribution in [-0.4, -0.2) is 49.5 Å². The van der Waals surface area contributed by atoms with Crippen LogP contribution in [0.3, 0.4) is 0 Å². The van der Waals surface area contributed by atoms with E-state index in [0.29, 0.717) is 28.7 Å². The van der Waals surface area contributed by atoms with E-state index in [-0.39, 0.29) is 35.0 Å². The number of nitrogens with zero attached hydrogens (tertiary/aromatic N) is 3. The van der Waals surface area contributed by atoms with Crippen molar-refractivity contribution in [3.05, 3.63) is 50.2 Å². The average molecular weight is 662 g/mol. The first-order chi connectivity index (χ1) is 22.6. The number of benzene rings is 1. The van der Waals surface area contributed by atoms with Crippen molar-refractivity contribution in [2.75, 3.05) is 37.7 Å². The van der Waals surface area contributed by atoms with Gasteiger partial charge in [-0.3, -0.25) is 9.59 Å². The summed E-state index contributed by atoms with van der Waals surface area (Å²) in [5.41, 5.74) is 3.41. The minimum atomic E-state index is -0.387. The first-order valence-electron chi connectivity index (χ1n) is 18.3. The second kappa shape index (κ2) is 15.9. The van der Waals surface area contributed by atoms with Gasteiger partial charge in [0.25, 0.3) is 0 Å². The van der Waals surface area contributed by atoms with Crippen LogP contribution in [0, 0.1) is 0 Å². The molecule has 7 nitrogen and oxygen atoms in total. The monoisotopic (exact) mass is 661 g/mol. The summed E-state index contributed by atoms with van der Waals surface area (Å²) in [5, 5.41) is 16.5. The van der Waals surface area contributed by atoms with Gasteiger partial charge in [0.05, 0.1) is 17.2 Å². The lowest BCUT2D eigenvalue weighted by Crippen LogP contribution is -2.45. The molecule has 0 saturated carbocycles. The Labute approximate surface area is 285 Å². The van der Waals surface area contributed by atoms with E-state index in [2.05, 4.69) is 23.6 Å². The van der Waals surface area contributed by atoms with Crippen molar-refractivity contribution in [3.63, 3.8) is 0 Å². The summed E-state index contributed by atoms with van der Waals surface area (Å²) >= 11 is 1.34. The van der Waals surface area contributed by atoms with E-state index in [1.54, 1.807) is 0 Å². The molecule has 0 bridgehead atoms. The van der Waals surface area contributed by atoms with Crippen molar-refractivity contribution in [3.8, 4) is 0 Å². The number of rotatable bonds is 16. The van der Waals surface area contributed by atoms with Crippen LogP contribution in [0.4, 0.5) is 5.13 Å². The summed E-state index contributed by atoms with van der Waals surface area (Å²) in [4.78, 5) is 34.1. The summed E-state index contributed by atoms with van der Waals surface area (Å²) in [6, 6.07) is 4.17. The zero-order chi connectivity index (χ0) is 33.6. The van der Waals surface area contributed by atoms with Crippen LogP contribution < -0.4 is 25.2 Å². The lowest BCUT2D eigenvalue weighted by molar-refractivity contribution is -0.292. The van der Waals surface area contributed by atoms with Gasteiger partial charge in [0.15, 0.2) is 10.9 Å². The molecule has 1 aromatic carbocycles. The quantitative estimate of drug-likeness (QED) is 0.132. The fraction of sp³-hybridized carbons (Fsp3) is 0.641. The molecule has 1 aromatic heterocycles. The maximum absolute atomic E-state index is 13.8. The van der Waals surface area contributed by atoms with Gasteiger partial charge < -0.3 is 14.7 Å². The number of ketones is 1. The summed E-state index contributed by atoms with van der Waals surface area (Å²) < 4.78 is 8.06. The van der Waals surface area contributed by atoms with E-state index >= 15 is 0 Å². The van der Waals surface area contributed by atoms with E-state index in [1.165, 1.54) is 79.2 Å². The molecule has 8 heteroatoms. The lowest BCUT2D eigenvalue weighted by Gasteiger charge is -2.32. The molecular formula is C39H55N3O4S. The highest BCUT2D eigenvalue weighted by molar-refractivity contribution is 7.17. The van der Waals surface area contributed by atoms with Gasteiger partial charge in [-0.2, -0.15) is 0 Å². The fourth-order valence-electron chi connectivity index (χ4n) is 7.22. The van der Waals surface area contributed by atoms with Crippen molar-refractivity contribution < 1.29 is 19.4 Å². The second-order valence-corrected chi connectivity index (χ2v) is 15.6. The van der Waals surface area contributed by atoms with Crippen molar-refractivity contribution in [2.24, 2.45) is 0 Å². The van der Waals surface area contributed by atoms with Crippen molar-refractivity contribution >= 4 is 39.4 Å². The Morgan fingerprint density at radius 1 is 0.936 bits per heavy atom. The molecule has 0 unspecified atom stereocenters. The molecule has 0 saturated heterocycles. The van der Waals surface area contributed by atoms with Gasteiger partial charge in [-0.15, -0.1) is 0 Å². The van der Waals surface area contributed by atoms with E-state index in [9.17, 15) is 14.7 Å². The van der Waals surface area contributed by atoms with Gasteiger partial charge in [0.2, 0.25) is 5.36 Å². The molecule has 1 aliphatic carbocycles. The van der Waals surface area contributed by atoms with Gasteiger partial charge in [-0.05, 0) is 43.5 Å². The van der Waals surface area contributed by atoms with Gasteiger partial charge in [0, 0.05) is 47.1 Å². The number of anilines is 1. The summed E-state index contributed by atoms with van der Waals surface area (Å²) in [5.74, 6) is -0.651. The van der Waals surface area contributed by atoms with Gasteiger partial charge >= 0.3 is 5.97 Å². The molecule has 0 spiro atoms. The Kier molecular flexibility index (Phi) is 12.0. The number of carbonyl (C=O) groups excluding carboxylic acids is 2. The Balaban J connectivity index is 1.26. The molecule has 0 N–H and O–H groups in total. The number of unbranched alkanes of at least 4 members (excludes halogenated alkanes) is 9. The smallest absolute Gasteiger partial charge is 0.325 e. The second-order valence-electron chi connectivity index (χ2n) is 14.6. The SMILES string of the molecule is CCCCCCCCCCCCOC(=O)CN(CC)c1nc(C(C)(C)C)c(C2=C([O-])C(=c3cc4c5c(c3)CCC[N+]=5CCC4)C2=O)s1. The van der Waals surface area contributed by atoms with Crippen LogP contribution in [0.5, 0.6) is 0 Å². The third-order valence-electron chi connectivity index (χ3n) is 9.82. The maximum atomic E-state index is 13.8. The Hall–Kier alpha value is -3.00. The topological polar surface area (TPSA) is 85.6 Å². The molecule has 2 aromatic rings. The normalized spacial score (nSPS) is 16.0. The molecule has 0 fully saturated rings. The van der Waals surface area contributed by atoms with Gasteiger partial charge in [-0.1, -0.05) is 103 Å². The van der Waals surface area contributed by atoms with Crippen molar-refractivity contribution in [1.82, 2.24) is 9.56 Å². The number of thiazole rings is 1. The Morgan fingerprint density at radius 3 is 2.09 bits per heavy atom. The fourth-order valence-corrected chi connectivity index (χ4v) is 8.60. The standard InChI is InChI=1S/C39H55N3O4S/c1-6-8-9-10-11-12-13-14-15-16-23-46-30(43)26-41(7-2)38-40-37(39(3,4)5)36(47-38)32-34(44)31(35(32)45)29-24-27-19-17-21-42-22-18-20-28(25-29)33(27)42/h24-25H,6-23,26H2,1-5H3. The molecule has 2 aliphatic heterocycles. The predicted octanol–water partition coefficient (Wildman–Crippen LogP) is 5.62. The first-order valence-corrected chi connectivity index (χ1v) is 19.1. The highest BCUT2D eigenvalue weighted by Gasteiger charge is 2.36. The lowest BCUT2D eigenvalue weighted by atomic mass is 9.81. The molecule has 47 heavy (non-hydrogen) atoms. The number of aromatic nitrogens is 1. The van der Waals surface area contributed by atoms with Crippen LogP contribution in [0.1, 0.15) is 133 Å². The Bertz CT molecular complexity index is 1570. The van der Waals surface area contributed by atoms with Crippen molar-refractivity contribution in [2.45, 2.75) is 130 Å². The van der Waals surface area contributed by atoms with E-state index in [1.807, 2.05) is 32.6 Å². The third-order valence-corrected chi connectivity index (χ3v) is 10.9. The van der Waals surface area contributed by atoms with Crippen LogP contribution >= 0.6 is 11.3 Å². The summed E-state index contributed by atoms with van der Waals surface area (Å²) in [7, 11) is 0. The summed E-state index contributed by atoms with van der Waals surface area (Å²) in [6.45, 7) is 13.6. The average Bonchev–Trinajstić information content (AvgIpc) is 3.48. The molecule has 256 valence electrons. The van der Waals surface area contributed by atoms with E-state index in [4.69, 9.17) is 9.72 Å². The number of likely N-dealkylation sites (N-methyl/N-ethyl adjacent to an activating group) is 1. The van der Waals surface area contributed by atoms with Gasteiger partial charge in [0.1, 0.15) is 19.6 Å². The minimum Gasteiger partial charge on any atom is -0.871 e. The number of esters is 1. The zero-order valence-electron chi connectivity index (χ0n) is 29.5. The highest BCUT2D eigenvalue weighted by atomic mass is 32.1. The predicted molar refractivity (Wildman–Crippen MR) is 190 cm³/mol. The molecular weight excluding hydrogens is 607 g/mol. The van der Waals surface area contributed by atoms with Gasteiger partial charge in [-0.25, -0.2) is 9.56 Å². The van der Waals surface area contributed by atoms with Crippen molar-refractivity contribution in [1.29, 1.82) is 0 Å². The molecule has 3 heterocycles. The largest absolute Gasteiger partial charge is 0.871 e. The third kappa shape index (κ3) is 8.18. The number of aryl methyl sites for hydroxylation is 2.